The smallest absolute Gasteiger partial charge is 0.164 e. The molecule has 4 heterocycles. The first-order chi connectivity index (χ1) is 38.2. The van der Waals surface area contributed by atoms with Crippen molar-refractivity contribution in [2.45, 2.75) is 5.41 Å². The Balaban J connectivity index is 0.862. The largest absolute Gasteiger partial charge is 0.308 e. The summed E-state index contributed by atoms with van der Waals surface area (Å²) in [7, 11) is 0. The number of para-hydroxylation sites is 1. The third-order valence-corrected chi connectivity index (χ3v) is 17.8. The van der Waals surface area contributed by atoms with Crippen LogP contribution in [-0.2, 0) is 5.41 Å². The van der Waals surface area contributed by atoms with E-state index in [1.807, 2.05) is 11.3 Å². The standard InChI is InChI=1S/C72H42N4S/c1-3-20-47(21-4-1)72(48-22-5-2-6-23-48)59-31-11-9-25-52(59)58-42-46(36-39-60(58)72)70-73-69(74-71(75-70)56-30-13-18-43-17-7-8-24-49(43)56)45-35-37-50-44(41-45)19-14-27-51(50)54-28-15-33-62-65(54)57-38-40-64-67-66-55(29-16-34-63(66)77-64)53-26-10-12-32-61(53)76(62)68(57)67/h1-42H. The minimum absolute atomic E-state index is 0.507. The molecule has 0 saturated heterocycles. The first-order valence-electron chi connectivity index (χ1n) is 26.3. The summed E-state index contributed by atoms with van der Waals surface area (Å²) in [5.74, 6) is 1.89. The lowest BCUT2D eigenvalue weighted by Gasteiger charge is -2.33. The van der Waals surface area contributed by atoms with Crippen molar-refractivity contribution in [2.24, 2.45) is 0 Å². The molecule has 0 spiro atoms. The van der Waals surface area contributed by atoms with Crippen LogP contribution >= 0.6 is 11.3 Å². The van der Waals surface area contributed by atoms with Gasteiger partial charge in [-0.05, 0) is 108 Å². The molecule has 1 aliphatic rings. The van der Waals surface area contributed by atoms with E-state index in [1.54, 1.807) is 0 Å². The van der Waals surface area contributed by atoms with Crippen molar-refractivity contribution in [3.05, 3.63) is 277 Å². The van der Waals surface area contributed by atoms with Gasteiger partial charge >= 0.3 is 0 Å². The van der Waals surface area contributed by atoms with Gasteiger partial charge in [0.25, 0.3) is 0 Å². The molecule has 4 nitrogen and oxygen atoms in total. The van der Waals surface area contributed by atoms with E-state index < -0.39 is 5.41 Å². The monoisotopic (exact) mass is 994 g/mol. The molecular formula is C72H42N4S. The molecule has 1 aliphatic carbocycles. The second-order valence-corrected chi connectivity index (χ2v) is 21.6. The zero-order valence-electron chi connectivity index (χ0n) is 41.4. The predicted molar refractivity (Wildman–Crippen MR) is 321 cm³/mol. The Kier molecular flexibility index (Phi) is 8.89. The summed E-state index contributed by atoms with van der Waals surface area (Å²) in [6.07, 6.45) is 0. The zero-order chi connectivity index (χ0) is 50.3. The molecule has 0 fully saturated rings. The van der Waals surface area contributed by atoms with E-state index in [-0.39, 0.29) is 0 Å². The van der Waals surface area contributed by atoms with Crippen LogP contribution in [0.4, 0.5) is 0 Å². The lowest BCUT2D eigenvalue weighted by Crippen LogP contribution is -2.28. The van der Waals surface area contributed by atoms with E-state index in [1.165, 1.54) is 108 Å². The van der Waals surface area contributed by atoms with Crippen molar-refractivity contribution in [3.8, 4) is 56.4 Å². The lowest BCUT2D eigenvalue weighted by atomic mass is 9.67. The molecule has 12 aromatic carbocycles. The van der Waals surface area contributed by atoms with Gasteiger partial charge in [-0.2, -0.15) is 0 Å². The maximum absolute atomic E-state index is 5.43. The van der Waals surface area contributed by atoms with E-state index in [9.17, 15) is 0 Å². The van der Waals surface area contributed by atoms with Gasteiger partial charge in [-0.15, -0.1) is 11.3 Å². The highest BCUT2D eigenvalue weighted by atomic mass is 32.1. The summed E-state index contributed by atoms with van der Waals surface area (Å²) in [4.78, 5) is 16.2. The van der Waals surface area contributed by atoms with Crippen molar-refractivity contribution in [3.63, 3.8) is 0 Å². The topological polar surface area (TPSA) is 43.1 Å². The Labute approximate surface area is 446 Å². The SMILES string of the molecule is c1ccc(C2(c3ccccc3)c3ccccc3-c3cc(-c4nc(-c5ccc6c(-c7cccc8c7c7ccc9sc%10cccc%11c%12ccccc%12n8c7c9c%10%11)cccc6c5)nc(-c5cccc6ccccc56)n4)ccc32)cc1. The molecule has 0 radical (unpaired) electrons. The third-order valence-electron chi connectivity index (χ3n) is 16.7. The summed E-state index contributed by atoms with van der Waals surface area (Å²) >= 11 is 1.89. The highest BCUT2D eigenvalue weighted by Gasteiger charge is 2.46. The second kappa shape index (κ2) is 16.1. The number of rotatable bonds is 6. The maximum Gasteiger partial charge on any atom is 0.164 e. The molecule has 0 aliphatic heterocycles. The van der Waals surface area contributed by atoms with E-state index >= 15 is 0 Å². The lowest BCUT2D eigenvalue weighted by molar-refractivity contribution is 0.768. The molecular weight excluding hydrogens is 953 g/mol. The van der Waals surface area contributed by atoms with Gasteiger partial charge in [0.05, 0.1) is 22.0 Å². The number of benzene rings is 12. The highest BCUT2D eigenvalue weighted by molar-refractivity contribution is 7.26. The van der Waals surface area contributed by atoms with Gasteiger partial charge in [0.2, 0.25) is 0 Å². The van der Waals surface area contributed by atoms with Gasteiger partial charge in [0.1, 0.15) is 0 Å². The fourth-order valence-corrected chi connectivity index (χ4v) is 14.6. The average Bonchev–Trinajstić information content (AvgIpc) is 4.34. The zero-order valence-corrected chi connectivity index (χ0v) is 42.3. The number of thiophene rings is 1. The molecule has 16 aromatic rings. The Hall–Kier alpha value is -9.81. The quantitative estimate of drug-likeness (QED) is 0.167. The summed E-state index contributed by atoms with van der Waals surface area (Å²) in [6, 6.07) is 93.2. The van der Waals surface area contributed by atoms with Crippen LogP contribution in [0.5, 0.6) is 0 Å². The molecule has 5 heteroatoms. The van der Waals surface area contributed by atoms with Crippen molar-refractivity contribution in [1.29, 1.82) is 0 Å². The number of hydrogen-bond donors (Lipinski definition) is 0. The molecule has 356 valence electrons. The summed E-state index contributed by atoms with van der Waals surface area (Å²) in [5.41, 5.74) is 15.8. The Morgan fingerprint density at radius 2 is 0.870 bits per heavy atom. The third kappa shape index (κ3) is 5.94. The average molecular weight is 995 g/mol. The molecule has 0 unspecified atom stereocenters. The maximum atomic E-state index is 5.43. The van der Waals surface area contributed by atoms with Gasteiger partial charge in [0, 0.05) is 53.0 Å². The van der Waals surface area contributed by atoms with Crippen molar-refractivity contribution < 1.29 is 0 Å². The molecule has 77 heavy (non-hydrogen) atoms. The Morgan fingerprint density at radius 3 is 1.71 bits per heavy atom. The van der Waals surface area contributed by atoms with Crippen LogP contribution in [0.3, 0.4) is 0 Å². The van der Waals surface area contributed by atoms with E-state index in [4.69, 9.17) is 15.0 Å². The summed E-state index contributed by atoms with van der Waals surface area (Å²) in [6.45, 7) is 0. The minimum atomic E-state index is -0.507. The van der Waals surface area contributed by atoms with E-state index in [0.29, 0.717) is 17.5 Å². The van der Waals surface area contributed by atoms with Gasteiger partial charge < -0.3 is 4.40 Å². The molecule has 0 N–H and O–H groups in total. The normalized spacial score (nSPS) is 13.0. The van der Waals surface area contributed by atoms with E-state index in [0.717, 1.165) is 32.8 Å². The highest BCUT2D eigenvalue weighted by Crippen LogP contribution is 2.57. The molecule has 0 atom stereocenters. The first-order valence-corrected chi connectivity index (χ1v) is 27.2. The van der Waals surface area contributed by atoms with Crippen LogP contribution in [0.15, 0.2) is 255 Å². The summed E-state index contributed by atoms with van der Waals surface area (Å²) < 4.78 is 5.18. The van der Waals surface area contributed by atoms with Crippen LogP contribution in [0.1, 0.15) is 22.3 Å². The molecule has 0 amide bonds. The van der Waals surface area contributed by atoms with Crippen molar-refractivity contribution in [2.75, 3.05) is 0 Å². The summed E-state index contributed by atoms with van der Waals surface area (Å²) in [5, 5.41) is 12.3. The fraction of sp³-hybridized carbons (Fsp3) is 0.0139. The van der Waals surface area contributed by atoms with E-state index in [2.05, 4.69) is 259 Å². The Morgan fingerprint density at radius 1 is 0.312 bits per heavy atom. The second-order valence-electron chi connectivity index (χ2n) is 20.5. The number of nitrogens with zero attached hydrogens (tertiary/aromatic N) is 4. The van der Waals surface area contributed by atoms with Crippen LogP contribution in [0.25, 0.3) is 136 Å². The van der Waals surface area contributed by atoms with Gasteiger partial charge in [-0.25, -0.2) is 15.0 Å². The van der Waals surface area contributed by atoms with Crippen molar-refractivity contribution in [1.82, 2.24) is 19.4 Å². The molecule has 17 rings (SSSR count). The number of hydrogen-bond acceptors (Lipinski definition) is 4. The minimum Gasteiger partial charge on any atom is -0.308 e. The number of fused-ring (bicyclic) bond motifs is 11. The van der Waals surface area contributed by atoms with Gasteiger partial charge in [-0.3, -0.25) is 0 Å². The molecule has 4 aromatic heterocycles. The van der Waals surface area contributed by atoms with Gasteiger partial charge in [-0.1, -0.05) is 218 Å². The first kappa shape index (κ1) is 42.5. The van der Waals surface area contributed by atoms with Crippen LogP contribution in [0, 0.1) is 0 Å². The molecule has 0 bridgehead atoms. The van der Waals surface area contributed by atoms with Gasteiger partial charge in [0.15, 0.2) is 17.5 Å². The van der Waals surface area contributed by atoms with Crippen LogP contribution < -0.4 is 0 Å². The van der Waals surface area contributed by atoms with Crippen LogP contribution in [0.2, 0.25) is 0 Å². The van der Waals surface area contributed by atoms with Crippen molar-refractivity contribution >= 4 is 91.1 Å². The predicted octanol–water partition coefficient (Wildman–Crippen LogP) is 18.7. The van der Waals surface area contributed by atoms with Crippen LogP contribution in [-0.4, -0.2) is 19.4 Å². The number of aromatic nitrogens is 4. The Bertz CT molecular complexity index is 5050. The fourth-order valence-electron chi connectivity index (χ4n) is 13.5. The molecule has 0 saturated carbocycles.